The van der Waals surface area contributed by atoms with E-state index in [9.17, 15) is 0 Å². The smallest absolute Gasteiger partial charge is 0.121 e. The summed E-state index contributed by atoms with van der Waals surface area (Å²) >= 11 is 0. The lowest BCUT2D eigenvalue weighted by Crippen LogP contribution is -2.22. The van der Waals surface area contributed by atoms with Crippen molar-refractivity contribution < 1.29 is 9.47 Å². The van der Waals surface area contributed by atoms with E-state index in [0.29, 0.717) is 12.3 Å². The highest BCUT2D eigenvalue weighted by atomic mass is 16.5. The van der Waals surface area contributed by atoms with Gasteiger partial charge in [0.05, 0.1) is 25.1 Å². The third-order valence-electron chi connectivity index (χ3n) is 2.23. The zero-order chi connectivity index (χ0) is 12.0. The highest BCUT2D eigenvalue weighted by Gasteiger charge is 2.05. The molecule has 0 aliphatic heterocycles. The SMILES string of the molecule is CCOCC(C)Nc1ccc(OC)cc1N. The van der Waals surface area contributed by atoms with Crippen LogP contribution in [-0.2, 0) is 4.74 Å². The predicted octanol–water partition coefficient (Wildman–Crippen LogP) is 2.11. The largest absolute Gasteiger partial charge is 0.497 e. The molecular formula is C12H20N2O2. The summed E-state index contributed by atoms with van der Waals surface area (Å²) in [6, 6.07) is 5.83. The van der Waals surface area contributed by atoms with E-state index in [2.05, 4.69) is 12.2 Å². The van der Waals surface area contributed by atoms with Crippen LogP contribution in [0.15, 0.2) is 18.2 Å². The van der Waals surface area contributed by atoms with Crippen LogP contribution in [0.4, 0.5) is 11.4 Å². The summed E-state index contributed by atoms with van der Waals surface area (Å²) in [5.41, 5.74) is 7.48. The van der Waals surface area contributed by atoms with Crippen molar-refractivity contribution in [2.24, 2.45) is 0 Å². The zero-order valence-corrected chi connectivity index (χ0v) is 10.1. The van der Waals surface area contributed by atoms with Crippen molar-refractivity contribution >= 4 is 11.4 Å². The van der Waals surface area contributed by atoms with Gasteiger partial charge in [-0.1, -0.05) is 0 Å². The van der Waals surface area contributed by atoms with Gasteiger partial charge in [0.2, 0.25) is 0 Å². The maximum atomic E-state index is 5.89. The predicted molar refractivity (Wildman–Crippen MR) is 67.0 cm³/mol. The van der Waals surface area contributed by atoms with Crippen LogP contribution >= 0.6 is 0 Å². The average molecular weight is 224 g/mol. The first-order valence-electron chi connectivity index (χ1n) is 5.45. The first-order valence-corrected chi connectivity index (χ1v) is 5.45. The minimum absolute atomic E-state index is 0.232. The Morgan fingerprint density at radius 2 is 2.19 bits per heavy atom. The number of ether oxygens (including phenoxy) is 2. The lowest BCUT2D eigenvalue weighted by Gasteiger charge is -2.17. The van der Waals surface area contributed by atoms with E-state index >= 15 is 0 Å². The number of nitrogens with one attached hydrogen (secondary N) is 1. The van der Waals surface area contributed by atoms with E-state index in [4.69, 9.17) is 15.2 Å². The van der Waals surface area contributed by atoms with Crippen LogP contribution in [0.1, 0.15) is 13.8 Å². The molecule has 0 spiro atoms. The number of nitrogen functional groups attached to an aromatic ring is 1. The molecule has 90 valence electrons. The van der Waals surface area contributed by atoms with E-state index in [0.717, 1.165) is 18.0 Å². The molecule has 0 saturated heterocycles. The molecule has 16 heavy (non-hydrogen) atoms. The van der Waals surface area contributed by atoms with Crippen molar-refractivity contribution in [3.63, 3.8) is 0 Å². The van der Waals surface area contributed by atoms with Crippen molar-refractivity contribution in [1.29, 1.82) is 0 Å². The lowest BCUT2D eigenvalue weighted by atomic mass is 10.2. The highest BCUT2D eigenvalue weighted by Crippen LogP contribution is 2.24. The molecule has 3 N–H and O–H groups in total. The monoisotopic (exact) mass is 224 g/mol. The minimum Gasteiger partial charge on any atom is -0.497 e. The van der Waals surface area contributed by atoms with Gasteiger partial charge >= 0.3 is 0 Å². The molecule has 0 bridgehead atoms. The van der Waals surface area contributed by atoms with Crippen molar-refractivity contribution in [2.75, 3.05) is 31.4 Å². The van der Waals surface area contributed by atoms with Gasteiger partial charge in [-0.3, -0.25) is 0 Å². The minimum atomic E-state index is 0.232. The second-order valence-corrected chi connectivity index (χ2v) is 3.66. The van der Waals surface area contributed by atoms with E-state index < -0.39 is 0 Å². The second kappa shape index (κ2) is 6.23. The highest BCUT2D eigenvalue weighted by molar-refractivity contribution is 5.68. The fraction of sp³-hybridized carbons (Fsp3) is 0.500. The Morgan fingerprint density at radius 1 is 1.44 bits per heavy atom. The van der Waals surface area contributed by atoms with E-state index in [-0.39, 0.29) is 6.04 Å². The topological polar surface area (TPSA) is 56.5 Å². The summed E-state index contributed by atoms with van der Waals surface area (Å²) in [5, 5.41) is 3.29. The standard InChI is InChI=1S/C12H20N2O2/c1-4-16-8-9(2)14-12-6-5-10(15-3)7-11(12)13/h5-7,9,14H,4,8,13H2,1-3H3. The Bertz CT molecular complexity index is 329. The van der Waals surface area contributed by atoms with Crippen molar-refractivity contribution in [2.45, 2.75) is 19.9 Å². The maximum absolute atomic E-state index is 5.89. The summed E-state index contributed by atoms with van der Waals surface area (Å²) in [5.74, 6) is 0.764. The average Bonchev–Trinajstić information content (AvgIpc) is 2.29. The van der Waals surface area contributed by atoms with Crippen molar-refractivity contribution in [3.05, 3.63) is 18.2 Å². The van der Waals surface area contributed by atoms with Crippen molar-refractivity contribution in [3.8, 4) is 5.75 Å². The third-order valence-corrected chi connectivity index (χ3v) is 2.23. The fourth-order valence-electron chi connectivity index (χ4n) is 1.40. The molecule has 0 heterocycles. The molecule has 0 amide bonds. The summed E-state index contributed by atoms with van der Waals surface area (Å²) in [6.45, 7) is 5.43. The van der Waals surface area contributed by atoms with Gasteiger partial charge in [-0.05, 0) is 26.0 Å². The molecule has 0 aliphatic carbocycles. The molecule has 1 unspecified atom stereocenters. The molecule has 0 aromatic heterocycles. The number of nitrogens with two attached hydrogens (primary N) is 1. The number of hydrogen-bond donors (Lipinski definition) is 2. The molecule has 0 fully saturated rings. The van der Waals surface area contributed by atoms with Gasteiger partial charge < -0.3 is 20.5 Å². The number of methoxy groups -OCH3 is 1. The summed E-state index contributed by atoms with van der Waals surface area (Å²) in [7, 11) is 1.62. The summed E-state index contributed by atoms with van der Waals surface area (Å²) < 4.78 is 10.4. The van der Waals surface area contributed by atoms with Gasteiger partial charge in [-0.25, -0.2) is 0 Å². The Hall–Kier alpha value is -1.42. The first kappa shape index (κ1) is 12.6. The zero-order valence-electron chi connectivity index (χ0n) is 10.1. The molecule has 1 aromatic carbocycles. The first-order chi connectivity index (χ1) is 7.67. The van der Waals surface area contributed by atoms with Crippen LogP contribution < -0.4 is 15.8 Å². The van der Waals surface area contributed by atoms with E-state index in [1.165, 1.54) is 0 Å². The van der Waals surface area contributed by atoms with Gasteiger partial charge in [-0.15, -0.1) is 0 Å². The van der Waals surface area contributed by atoms with Crippen LogP contribution in [-0.4, -0.2) is 26.4 Å². The van der Waals surface area contributed by atoms with Gasteiger partial charge in [0.1, 0.15) is 5.75 Å². The van der Waals surface area contributed by atoms with Crippen LogP contribution in [0.3, 0.4) is 0 Å². The van der Waals surface area contributed by atoms with Crippen LogP contribution in [0, 0.1) is 0 Å². The third kappa shape index (κ3) is 3.62. The molecule has 1 aromatic rings. The molecule has 4 heteroatoms. The van der Waals surface area contributed by atoms with Gasteiger partial charge in [-0.2, -0.15) is 0 Å². The van der Waals surface area contributed by atoms with Gasteiger partial charge in [0, 0.05) is 18.7 Å². The van der Waals surface area contributed by atoms with E-state index in [1.54, 1.807) is 13.2 Å². The molecule has 4 nitrogen and oxygen atoms in total. The van der Waals surface area contributed by atoms with Crippen molar-refractivity contribution in [1.82, 2.24) is 0 Å². The van der Waals surface area contributed by atoms with E-state index in [1.807, 2.05) is 19.1 Å². The number of hydrogen-bond acceptors (Lipinski definition) is 4. The normalized spacial score (nSPS) is 12.2. The summed E-state index contributed by atoms with van der Waals surface area (Å²) in [4.78, 5) is 0. The number of anilines is 2. The molecule has 0 radical (unpaired) electrons. The molecule has 1 rings (SSSR count). The molecule has 0 aliphatic rings. The maximum Gasteiger partial charge on any atom is 0.121 e. The quantitative estimate of drug-likeness (QED) is 0.727. The second-order valence-electron chi connectivity index (χ2n) is 3.66. The lowest BCUT2D eigenvalue weighted by molar-refractivity contribution is 0.141. The summed E-state index contributed by atoms with van der Waals surface area (Å²) in [6.07, 6.45) is 0. The fourth-order valence-corrected chi connectivity index (χ4v) is 1.40. The Labute approximate surface area is 96.7 Å². The van der Waals surface area contributed by atoms with Crippen LogP contribution in [0.2, 0.25) is 0 Å². The Kier molecular flexibility index (Phi) is 4.92. The number of rotatable bonds is 6. The molecule has 1 atom stereocenters. The number of benzene rings is 1. The van der Waals surface area contributed by atoms with Crippen LogP contribution in [0.5, 0.6) is 5.75 Å². The van der Waals surface area contributed by atoms with Gasteiger partial charge in [0.15, 0.2) is 0 Å². The molecule has 0 saturated carbocycles. The molecular weight excluding hydrogens is 204 g/mol. The van der Waals surface area contributed by atoms with Crippen LogP contribution in [0.25, 0.3) is 0 Å². The van der Waals surface area contributed by atoms with Gasteiger partial charge in [0.25, 0.3) is 0 Å². The Morgan fingerprint density at radius 3 is 2.75 bits per heavy atom. The Balaban J connectivity index is 2.59.